The second-order valence-electron chi connectivity index (χ2n) is 9.72. The SMILES string of the molecule is CC(C)C(NC(=O)C(Cc1ccccc1)NC(=O)C(CCCCN)NC(=O)C(N)CCCN=C(N)N)C(=O)O. The molecule has 0 saturated heterocycles. The molecule has 218 valence electrons. The van der Waals surface area contributed by atoms with Crippen molar-refractivity contribution in [1.29, 1.82) is 0 Å². The molecule has 13 heteroatoms. The van der Waals surface area contributed by atoms with Crippen molar-refractivity contribution in [2.45, 2.75) is 76.5 Å². The van der Waals surface area contributed by atoms with Gasteiger partial charge in [0.1, 0.15) is 18.1 Å². The number of hydrogen-bond acceptors (Lipinski definition) is 7. The van der Waals surface area contributed by atoms with E-state index in [1.165, 1.54) is 0 Å². The molecule has 1 aromatic rings. The minimum absolute atomic E-state index is 0.0539. The molecule has 0 saturated carbocycles. The summed E-state index contributed by atoms with van der Waals surface area (Å²) in [6.45, 7) is 4.08. The minimum atomic E-state index is -1.18. The van der Waals surface area contributed by atoms with Crippen molar-refractivity contribution < 1.29 is 24.3 Å². The largest absolute Gasteiger partial charge is 0.480 e. The molecule has 3 amide bonds. The van der Waals surface area contributed by atoms with Crippen molar-refractivity contribution >= 4 is 29.7 Å². The number of aliphatic carboxylic acids is 1. The van der Waals surface area contributed by atoms with Crippen LogP contribution in [0.15, 0.2) is 35.3 Å². The molecule has 13 nitrogen and oxygen atoms in total. The molecule has 1 aromatic carbocycles. The van der Waals surface area contributed by atoms with Crippen LogP contribution in [0.25, 0.3) is 0 Å². The lowest BCUT2D eigenvalue weighted by Gasteiger charge is -2.26. The minimum Gasteiger partial charge on any atom is -0.480 e. The van der Waals surface area contributed by atoms with Gasteiger partial charge in [-0.2, -0.15) is 0 Å². The quantitative estimate of drug-likeness (QED) is 0.0632. The van der Waals surface area contributed by atoms with Crippen LogP contribution < -0.4 is 38.9 Å². The Morgan fingerprint density at radius 1 is 0.872 bits per heavy atom. The van der Waals surface area contributed by atoms with Gasteiger partial charge in [-0.25, -0.2) is 4.79 Å². The summed E-state index contributed by atoms with van der Waals surface area (Å²) in [5, 5.41) is 17.4. The van der Waals surface area contributed by atoms with Crippen molar-refractivity contribution in [3.05, 3.63) is 35.9 Å². The third kappa shape index (κ3) is 13.1. The first-order valence-electron chi connectivity index (χ1n) is 13.1. The zero-order valence-corrected chi connectivity index (χ0v) is 22.8. The number of carboxylic acids is 1. The van der Waals surface area contributed by atoms with E-state index in [9.17, 15) is 24.3 Å². The molecule has 39 heavy (non-hydrogen) atoms. The van der Waals surface area contributed by atoms with E-state index in [0.29, 0.717) is 38.8 Å². The molecule has 1 rings (SSSR count). The average Bonchev–Trinajstić information content (AvgIpc) is 2.88. The summed E-state index contributed by atoms with van der Waals surface area (Å²) in [4.78, 5) is 54.8. The molecular formula is C26H44N8O5. The highest BCUT2D eigenvalue weighted by atomic mass is 16.4. The van der Waals surface area contributed by atoms with Gasteiger partial charge in [0.25, 0.3) is 0 Å². The number of benzene rings is 1. The molecule has 12 N–H and O–H groups in total. The standard InChI is InChI=1S/C26H44N8O5/c1-16(2)21(25(38)39)34-24(37)20(15-17-9-4-3-5-10-17)33-23(36)19(12-6-7-13-27)32-22(35)18(28)11-8-14-31-26(29)30/h3-5,9-10,16,18-21H,6-8,11-15,27-28H2,1-2H3,(H,32,35)(H,33,36)(H,34,37)(H,38,39)(H4,29,30,31). The van der Waals surface area contributed by atoms with Gasteiger partial charge in [-0.3, -0.25) is 19.4 Å². The van der Waals surface area contributed by atoms with Gasteiger partial charge in [0.2, 0.25) is 17.7 Å². The number of amides is 3. The average molecular weight is 549 g/mol. The maximum atomic E-state index is 13.3. The first-order chi connectivity index (χ1) is 18.5. The number of nitrogens with zero attached hydrogens (tertiary/aromatic N) is 1. The van der Waals surface area contributed by atoms with Gasteiger partial charge in [0.15, 0.2) is 5.96 Å². The maximum absolute atomic E-state index is 13.3. The molecule has 0 heterocycles. The van der Waals surface area contributed by atoms with Gasteiger partial charge >= 0.3 is 5.97 Å². The summed E-state index contributed by atoms with van der Waals surface area (Å²) < 4.78 is 0. The molecule has 0 aliphatic carbocycles. The Hall–Kier alpha value is -3.71. The molecule has 0 fully saturated rings. The van der Waals surface area contributed by atoms with Gasteiger partial charge < -0.3 is 44.0 Å². The molecule has 4 atom stereocenters. The molecule has 0 aliphatic heterocycles. The fraction of sp³-hybridized carbons (Fsp3) is 0.577. The van der Waals surface area contributed by atoms with Crippen LogP contribution in [0.1, 0.15) is 51.5 Å². The summed E-state index contributed by atoms with van der Waals surface area (Å²) in [6.07, 6.45) is 2.35. The molecule has 0 aromatic heterocycles. The Kier molecular flexibility index (Phi) is 15.2. The second kappa shape index (κ2) is 17.7. The lowest BCUT2D eigenvalue weighted by Crippen LogP contribution is -2.58. The number of aliphatic imine (C=N–C) groups is 1. The summed E-state index contributed by atoms with van der Waals surface area (Å²) in [6, 6.07) is 4.92. The fourth-order valence-electron chi connectivity index (χ4n) is 3.79. The zero-order chi connectivity index (χ0) is 29.4. The maximum Gasteiger partial charge on any atom is 0.326 e. The second-order valence-corrected chi connectivity index (χ2v) is 9.72. The predicted molar refractivity (Wildman–Crippen MR) is 149 cm³/mol. The number of carbonyl (C=O) groups excluding carboxylic acids is 3. The molecule has 0 bridgehead atoms. The lowest BCUT2D eigenvalue weighted by atomic mass is 10.0. The van der Waals surface area contributed by atoms with E-state index in [0.717, 1.165) is 5.56 Å². The third-order valence-corrected chi connectivity index (χ3v) is 6.03. The van der Waals surface area contributed by atoms with E-state index < -0.39 is 47.9 Å². The molecule has 0 radical (unpaired) electrons. The van der Waals surface area contributed by atoms with Crippen molar-refractivity contribution in [3.63, 3.8) is 0 Å². The zero-order valence-electron chi connectivity index (χ0n) is 22.8. The van der Waals surface area contributed by atoms with Crippen LogP contribution in [0, 0.1) is 5.92 Å². The van der Waals surface area contributed by atoms with Crippen LogP contribution in [-0.2, 0) is 25.6 Å². The fourth-order valence-corrected chi connectivity index (χ4v) is 3.79. The van der Waals surface area contributed by atoms with Crippen LogP contribution in [0.2, 0.25) is 0 Å². The van der Waals surface area contributed by atoms with E-state index >= 15 is 0 Å². The predicted octanol–water partition coefficient (Wildman–Crippen LogP) is -1.07. The Morgan fingerprint density at radius 3 is 2.05 bits per heavy atom. The number of carbonyl (C=O) groups is 4. The lowest BCUT2D eigenvalue weighted by molar-refractivity contribution is -0.143. The number of carboxylic acid groups (broad SMARTS) is 1. The highest BCUT2D eigenvalue weighted by molar-refractivity contribution is 5.94. The van der Waals surface area contributed by atoms with E-state index in [1.807, 2.05) is 6.07 Å². The Balaban J connectivity index is 3.04. The first-order valence-corrected chi connectivity index (χ1v) is 13.1. The van der Waals surface area contributed by atoms with Crippen LogP contribution in [0.3, 0.4) is 0 Å². The smallest absolute Gasteiger partial charge is 0.326 e. The number of nitrogens with two attached hydrogens (primary N) is 4. The van der Waals surface area contributed by atoms with Gasteiger partial charge in [-0.15, -0.1) is 0 Å². The summed E-state index contributed by atoms with van der Waals surface area (Å²) in [7, 11) is 0. The van der Waals surface area contributed by atoms with Crippen molar-refractivity contribution in [3.8, 4) is 0 Å². The van der Waals surface area contributed by atoms with E-state index in [-0.39, 0.29) is 24.7 Å². The number of nitrogens with one attached hydrogen (secondary N) is 3. The summed E-state index contributed by atoms with van der Waals surface area (Å²) in [5.74, 6) is -3.36. The number of rotatable bonds is 18. The van der Waals surface area contributed by atoms with Crippen LogP contribution in [0.5, 0.6) is 0 Å². The van der Waals surface area contributed by atoms with Crippen LogP contribution >= 0.6 is 0 Å². The number of hydrogen-bond donors (Lipinski definition) is 8. The number of guanidine groups is 1. The van der Waals surface area contributed by atoms with E-state index in [2.05, 4.69) is 20.9 Å². The first kappa shape index (κ1) is 33.3. The van der Waals surface area contributed by atoms with Gasteiger partial charge in [0, 0.05) is 13.0 Å². The van der Waals surface area contributed by atoms with Gasteiger partial charge in [-0.1, -0.05) is 44.2 Å². The van der Waals surface area contributed by atoms with Crippen molar-refractivity contribution in [2.75, 3.05) is 13.1 Å². The molecule has 4 unspecified atom stereocenters. The van der Waals surface area contributed by atoms with E-state index in [1.54, 1.807) is 38.1 Å². The molecule has 0 aliphatic rings. The van der Waals surface area contributed by atoms with Crippen LogP contribution in [0.4, 0.5) is 0 Å². The molecule has 0 spiro atoms. The van der Waals surface area contributed by atoms with Gasteiger partial charge in [0.05, 0.1) is 6.04 Å². The van der Waals surface area contributed by atoms with E-state index in [4.69, 9.17) is 22.9 Å². The van der Waals surface area contributed by atoms with Crippen LogP contribution in [-0.4, -0.2) is 72.0 Å². The Morgan fingerprint density at radius 2 is 1.49 bits per heavy atom. The monoisotopic (exact) mass is 548 g/mol. The highest BCUT2D eigenvalue weighted by Gasteiger charge is 2.31. The number of unbranched alkanes of at least 4 members (excludes halogenated alkanes) is 1. The Bertz CT molecular complexity index is 953. The van der Waals surface area contributed by atoms with Crippen molar-refractivity contribution in [1.82, 2.24) is 16.0 Å². The van der Waals surface area contributed by atoms with Gasteiger partial charge in [-0.05, 0) is 50.1 Å². The topological polar surface area (TPSA) is 241 Å². The normalized spacial score (nSPS) is 14.0. The highest BCUT2D eigenvalue weighted by Crippen LogP contribution is 2.09. The molecular weight excluding hydrogens is 504 g/mol. The summed E-state index contributed by atoms with van der Waals surface area (Å²) in [5.41, 5.74) is 23.0. The Labute approximate surface area is 229 Å². The summed E-state index contributed by atoms with van der Waals surface area (Å²) >= 11 is 0. The van der Waals surface area contributed by atoms with Crippen molar-refractivity contribution in [2.24, 2.45) is 33.8 Å². The third-order valence-electron chi connectivity index (χ3n) is 6.03.